The molecule has 0 spiro atoms. The van der Waals surface area contributed by atoms with E-state index < -0.39 is 0 Å². The van der Waals surface area contributed by atoms with Crippen molar-refractivity contribution in [1.29, 1.82) is 0 Å². The minimum absolute atomic E-state index is 0. The number of pyridine rings is 1. The number of hydrogen-bond donors (Lipinski definition) is 1. The van der Waals surface area contributed by atoms with Gasteiger partial charge in [-0.05, 0) is 35.8 Å². The summed E-state index contributed by atoms with van der Waals surface area (Å²) in [5.41, 5.74) is 3.50. The Bertz CT molecular complexity index is 1170. The molecule has 1 aliphatic carbocycles. The Morgan fingerprint density at radius 3 is 2.48 bits per heavy atom. The second-order valence-corrected chi connectivity index (χ2v) is 8.73. The molecule has 160 valence electrons. The molecule has 2 aromatic carbocycles. The number of halogens is 1. The smallest absolute Gasteiger partial charge is 0.253 e. The van der Waals surface area contributed by atoms with Crippen LogP contribution in [0.3, 0.4) is 0 Å². The number of nitrogens with one attached hydrogen (secondary N) is 1. The molecule has 31 heavy (non-hydrogen) atoms. The standard InChI is InChI=1S/C25H25N3O2.HI/c1-28(13-5-2-6-14-28)15-12-26-25(30)21-16-27-23-22-18(10-7-11-19(21)22)17-8-3-4-9-20(17)24(23)29;/h3-4,7-11,16H,2,5-6,12-15H2,1H3;1H. The van der Waals surface area contributed by atoms with Crippen molar-refractivity contribution in [2.75, 3.05) is 33.2 Å². The molecule has 0 bridgehead atoms. The van der Waals surface area contributed by atoms with Crippen LogP contribution in [0.2, 0.25) is 0 Å². The number of carbonyl (C=O) groups is 2. The van der Waals surface area contributed by atoms with Gasteiger partial charge in [0, 0.05) is 17.1 Å². The lowest BCUT2D eigenvalue weighted by Gasteiger charge is -2.37. The fraction of sp³-hybridized carbons (Fsp3) is 0.320. The number of hydrogen-bond acceptors (Lipinski definition) is 3. The number of aromatic nitrogens is 1. The van der Waals surface area contributed by atoms with E-state index in [0.717, 1.165) is 32.9 Å². The molecule has 2 aliphatic rings. The monoisotopic (exact) mass is 527 g/mol. The highest BCUT2D eigenvalue weighted by molar-refractivity contribution is 6.26. The Balaban J connectivity index is 0.00000231. The van der Waals surface area contributed by atoms with Crippen LogP contribution in [-0.4, -0.2) is 54.4 Å². The summed E-state index contributed by atoms with van der Waals surface area (Å²) in [6.45, 7) is 3.94. The van der Waals surface area contributed by atoms with Crippen LogP contribution in [0.25, 0.3) is 21.9 Å². The van der Waals surface area contributed by atoms with Crippen molar-refractivity contribution in [3.05, 3.63) is 65.5 Å². The maximum atomic E-state index is 13.0. The van der Waals surface area contributed by atoms with Crippen LogP contribution in [-0.2, 0) is 0 Å². The van der Waals surface area contributed by atoms with Crippen molar-refractivity contribution in [3.8, 4) is 11.1 Å². The summed E-state index contributed by atoms with van der Waals surface area (Å²) >= 11 is 0. The number of ketones is 1. The molecule has 1 aromatic heterocycles. The second-order valence-electron chi connectivity index (χ2n) is 8.73. The molecule has 0 saturated carbocycles. The molecule has 0 unspecified atom stereocenters. The minimum Gasteiger partial charge on any atom is -1.00 e. The quantitative estimate of drug-likeness (QED) is 0.316. The van der Waals surface area contributed by atoms with Gasteiger partial charge in [-0.15, -0.1) is 0 Å². The van der Waals surface area contributed by atoms with Crippen molar-refractivity contribution in [3.63, 3.8) is 0 Å². The number of likely N-dealkylation sites (N-methyl/N-ethyl adjacent to an activating group) is 1. The average molecular weight is 527 g/mol. The Hall–Kier alpha value is -2.32. The van der Waals surface area contributed by atoms with Gasteiger partial charge in [-0.3, -0.25) is 14.6 Å². The predicted molar refractivity (Wildman–Crippen MR) is 118 cm³/mol. The van der Waals surface area contributed by atoms with Crippen LogP contribution in [0.15, 0.2) is 48.7 Å². The number of benzene rings is 2. The van der Waals surface area contributed by atoms with Crippen molar-refractivity contribution in [2.24, 2.45) is 0 Å². The van der Waals surface area contributed by atoms with Crippen LogP contribution < -0.4 is 29.3 Å². The highest BCUT2D eigenvalue weighted by Gasteiger charge is 2.28. The molecular weight excluding hydrogens is 501 g/mol. The third kappa shape index (κ3) is 3.87. The molecule has 6 heteroatoms. The van der Waals surface area contributed by atoms with E-state index in [1.807, 2.05) is 42.5 Å². The zero-order chi connectivity index (χ0) is 20.7. The first kappa shape index (κ1) is 21.9. The van der Waals surface area contributed by atoms with E-state index in [9.17, 15) is 9.59 Å². The first-order chi connectivity index (χ1) is 14.6. The zero-order valence-corrected chi connectivity index (χ0v) is 19.8. The topological polar surface area (TPSA) is 59.1 Å². The Labute approximate surface area is 199 Å². The lowest BCUT2D eigenvalue weighted by Crippen LogP contribution is -3.00. The maximum Gasteiger partial charge on any atom is 0.253 e. The third-order valence-electron chi connectivity index (χ3n) is 6.67. The molecule has 1 aliphatic heterocycles. The number of amides is 1. The molecule has 1 amide bonds. The number of likely N-dealkylation sites (tertiary alicyclic amines) is 1. The minimum atomic E-state index is -0.124. The number of fused-ring (bicyclic) bond motifs is 2. The van der Waals surface area contributed by atoms with Crippen molar-refractivity contribution in [1.82, 2.24) is 10.3 Å². The van der Waals surface area contributed by atoms with E-state index >= 15 is 0 Å². The van der Waals surface area contributed by atoms with Gasteiger partial charge in [0.25, 0.3) is 5.91 Å². The summed E-state index contributed by atoms with van der Waals surface area (Å²) in [5.74, 6) is -0.204. The van der Waals surface area contributed by atoms with Crippen molar-refractivity contribution < 1.29 is 38.0 Å². The van der Waals surface area contributed by atoms with Gasteiger partial charge in [-0.2, -0.15) is 0 Å². The molecule has 1 N–H and O–H groups in total. The van der Waals surface area contributed by atoms with Crippen LogP contribution >= 0.6 is 0 Å². The molecule has 1 fully saturated rings. The van der Waals surface area contributed by atoms with E-state index in [1.165, 1.54) is 32.4 Å². The number of quaternary nitrogens is 1. The maximum absolute atomic E-state index is 13.0. The van der Waals surface area contributed by atoms with Gasteiger partial charge in [0.2, 0.25) is 5.78 Å². The van der Waals surface area contributed by atoms with E-state index in [2.05, 4.69) is 17.3 Å². The number of rotatable bonds is 4. The lowest BCUT2D eigenvalue weighted by atomic mass is 9.84. The zero-order valence-electron chi connectivity index (χ0n) is 17.7. The van der Waals surface area contributed by atoms with Crippen molar-refractivity contribution in [2.45, 2.75) is 19.3 Å². The van der Waals surface area contributed by atoms with Gasteiger partial charge in [-0.25, -0.2) is 0 Å². The van der Waals surface area contributed by atoms with E-state index in [0.29, 0.717) is 23.4 Å². The fourth-order valence-corrected chi connectivity index (χ4v) is 4.95. The molecule has 2 heterocycles. The van der Waals surface area contributed by atoms with Crippen LogP contribution in [0.4, 0.5) is 0 Å². The fourth-order valence-electron chi connectivity index (χ4n) is 4.95. The third-order valence-corrected chi connectivity index (χ3v) is 6.67. The molecule has 5 rings (SSSR count). The van der Waals surface area contributed by atoms with Gasteiger partial charge in [-0.1, -0.05) is 42.5 Å². The van der Waals surface area contributed by atoms with E-state index in [4.69, 9.17) is 0 Å². The summed E-state index contributed by atoms with van der Waals surface area (Å²) in [5, 5.41) is 4.66. The summed E-state index contributed by atoms with van der Waals surface area (Å²) in [4.78, 5) is 30.4. The van der Waals surface area contributed by atoms with Gasteiger partial charge in [0.1, 0.15) is 5.69 Å². The van der Waals surface area contributed by atoms with Gasteiger partial charge in [0.05, 0.1) is 38.8 Å². The van der Waals surface area contributed by atoms with Crippen LogP contribution in [0.1, 0.15) is 45.7 Å². The molecule has 5 nitrogen and oxygen atoms in total. The normalized spacial score (nSPS) is 16.4. The largest absolute Gasteiger partial charge is 1.00 e. The first-order valence-electron chi connectivity index (χ1n) is 10.7. The van der Waals surface area contributed by atoms with Crippen molar-refractivity contribution >= 4 is 22.5 Å². The molecule has 0 atom stereocenters. The second kappa shape index (κ2) is 8.67. The van der Waals surface area contributed by atoms with Gasteiger partial charge in [0.15, 0.2) is 0 Å². The van der Waals surface area contributed by atoms with Gasteiger partial charge < -0.3 is 33.8 Å². The molecule has 0 radical (unpaired) electrons. The Kier molecular flexibility index (Phi) is 6.12. The lowest BCUT2D eigenvalue weighted by molar-refractivity contribution is -0.912. The Morgan fingerprint density at radius 2 is 1.71 bits per heavy atom. The first-order valence-corrected chi connectivity index (χ1v) is 10.7. The summed E-state index contributed by atoms with van der Waals surface area (Å²) in [6, 6.07) is 13.5. The van der Waals surface area contributed by atoms with Gasteiger partial charge >= 0.3 is 0 Å². The highest BCUT2D eigenvalue weighted by atomic mass is 127. The number of carbonyl (C=O) groups excluding carboxylic acids is 2. The molecular formula is C25H26IN3O2. The number of nitrogens with zero attached hydrogens (tertiary/aromatic N) is 2. The predicted octanol–water partition coefficient (Wildman–Crippen LogP) is 0.811. The summed E-state index contributed by atoms with van der Waals surface area (Å²) < 4.78 is 1.02. The van der Waals surface area contributed by atoms with Crippen LogP contribution in [0.5, 0.6) is 0 Å². The van der Waals surface area contributed by atoms with E-state index in [1.54, 1.807) is 6.20 Å². The highest BCUT2D eigenvalue weighted by Crippen LogP contribution is 2.39. The summed E-state index contributed by atoms with van der Waals surface area (Å²) in [7, 11) is 2.28. The number of piperidine rings is 1. The van der Waals surface area contributed by atoms with E-state index in [-0.39, 0.29) is 35.7 Å². The molecule has 3 aromatic rings. The Morgan fingerprint density at radius 1 is 1.00 bits per heavy atom. The molecule has 1 saturated heterocycles. The average Bonchev–Trinajstić information content (AvgIpc) is 2.77. The van der Waals surface area contributed by atoms with Crippen LogP contribution in [0, 0.1) is 0 Å². The SMILES string of the molecule is C[N+]1(CCNC(=O)c2cnc3c4c(cccc24)-c2ccccc2C3=O)CCCCC1.[I-]. The summed E-state index contributed by atoms with van der Waals surface area (Å²) in [6.07, 6.45) is 5.39.